The van der Waals surface area contributed by atoms with Gasteiger partial charge in [-0.3, -0.25) is 14.2 Å². The SMILES string of the molecule is Cc1occc1-c1nnc(SCC(=O)N2c3ccccc3NC(=O)CC2C)n1-c1ccccc1. The van der Waals surface area contributed by atoms with Crippen molar-refractivity contribution in [3.63, 3.8) is 0 Å². The molecule has 1 unspecified atom stereocenters. The predicted molar refractivity (Wildman–Crippen MR) is 131 cm³/mol. The van der Waals surface area contributed by atoms with Crippen molar-refractivity contribution in [3.05, 3.63) is 72.7 Å². The monoisotopic (exact) mass is 473 g/mol. The number of para-hydroxylation sites is 3. The van der Waals surface area contributed by atoms with Crippen LogP contribution in [0.1, 0.15) is 19.1 Å². The molecule has 0 fully saturated rings. The third-order valence-corrected chi connectivity index (χ3v) is 6.61. The lowest BCUT2D eigenvalue weighted by molar-refractivity contribution is -0.117. The fourth-order valence-corrected chi connectivity index (χ4v) is 4.94. The van der Waals surface area contributed by atoms with Crippen LogP contribution in [0.3, 0.4) is 0 Å². The average molecular weight is 474 g/mol. The molecule has 1 N–H and O–H groups in total. The van der Waals surface area contributed by atoms with Gasteiger partial charge in [0.2, 0.25) is 11.8 Å². The summed E-state index contributed by atoms with van der Waals surface area (Å²) in [7, 11) is 0. The van der Waals surface area contributed by atoms with Gasteiger partial charge in [0.25, 0.3) is 0 Å². The van der Waals surface area contributed by atoms with Crippen LogP contribution >= 0.6 is 11.8 Å². The highest BCUT2D eigenvalue weighted by atomic mass is 32.2. The molecule has 9 heteroatoms. The lowest BCUT2D eigenvalue weighted by atomic mass is 10.2. The zero-order chi connectivity index (χ0) is 23.7. The summed E-state index contributed by atoms with van der Waals surface area (Å²) in [5, 5.41) is 12.3. The molecule has 1 aliphatic heterocycles. The minimum Gasteiger partial charge on any atom is -0.469 e. The number of nitrogens with zero attached hydrogens (tertiary/aromatic N) is 4. The van der Waals surface area contributed by atoms with Crippen LogP contribution in [0.2, 0.25) is 0 Å². The number of anilines is 2. The van der Waals surface area contributed by atoms with E-state index in [0.717, 1.165) is 17.0 Å². The Labute approximate surface area is 201 Å². The van der Waals surface area contributed by atoms with Crippen molar-refractivity contribution in [1.82, 2.24) is 14.8 Å². The number of amides is 2. The Kier molecular flexibility index (Phi) is 5.93. The molecule has 0 spiro atoms. The summed E-state index contributed by atoms with van der Waals surface area (Å²) >= 11 is 1.31. The van der Waals surface area contributed by atoms with Crippen LogP contribution in [0.15, 0.2) is 76.5 Å². The maximum absolute atomic E-state index is 13.4. The van der Waals surface area contributed by atoms with E-state index >= 15 is 0 Å². The standard InChI is InChI=1S/C25H23N5O3S/c1-16-14-22(31)26-20-10-6-7-11-21(20)29(16)23(32)15-34-25-28-27-24(19-12-13-33-17(19)2)30(25)18-8-4-3-5-9-18/h3-13,16H,14-15H2,1-2H3,(H,26,31). The molecule has 34 heavy (non-hydrogen) atoms. The smallest absolute Gasteiger partial charge is 0.237 e. The Hall–Kier alpha value is -3.85. The topological polar surface area (TPSA) is 93.3 Å². The van der Waals surface area contributed by atoms with Gasteiger partial charge in [0.05, 0.1) is 29.0 Å². The van der Waals surface area contributed by atoms with Crippen LogP contribution in [-0.2, 0) is 9.59 Å². The molecule has 0 saturated heterocycles. The largest absolute Gasteiger partial charge is 0.469 e. The number of hydrogen-bond donors (Lipinski definition) is 1. The molecule has 0 radical (unpaired) electrons. The Morgan fingerprint density at radius 2 is 1.88 bits per heavy atom. The third kappa shape index (κ3) is 4.10. The van der Waals surface area contributed by atoms with Crippen LogP contribution < -0.4 is 10.2 Å². The van der Waals surface area contributed by atoms with E-state index in [1.165, 1.54) is 11.8 Å². The Bertz CT molecular complexity index is 1350. The Morgan fingerprint density at radius 1 is 1.12 bits per heavy atom. The van der Waals surface area contributed by atoms with Gasteiger partial charge < -0.3 is 14.6 Å². The first-order valence-electron chi connectivity index (χ1n) is 10.9. The van der Waals surface area contributed by atoms with Crippen LogP contribution in [0, 0.1) is 6.92 Å². The van der Waals surface area contributed by atoms with Crippen molar-refractivity contribution in [2.24, 2.45) is 0 Å². The lowest BCUT2D eigenvalue weighted by Gasteiger charge is -2.27. The summed E-state index contributed by atoms with van der Waals surface area (Å²) in [6, 6.07) is 18.7. The number of carbonyl (C=O) groups excluding carboxylic acids is 2. The number of thioether (sulfide) groups is 1. The minimum atomic E-state index is -0.270. The van der Waals surface area contributed by atoms with Gasteiger partial charge in [0.15, 0.2) is 11.0 Å². The maximum atomic E-state index is 13.4. The second-order valence-corrected chi connectivity index (χ2v) is 8.98. The van der Waals surface area contributed by atoms with Crippen LogP contribution in [0.4, 0.5) is 11.4 Å². The molecule has 2 aromatic carbocycles. The summed E-state index contributed by atoms with van der Waals surface area (Å²) in [5.74, 6) is 1.32. The highest BCUT2D eigenvalue weighted by molar-refractivity contribution is 7.99. The molecule has 4 aromatic rings. The van der Waals surface area contributed by atoms with Crippen molar-refractivity contribution in [3.8, 4) is 17.1 Å². The summed E-state index contributed by atoms with van der Waals surface area (Å²) < 4.78 is 7.41. The predicted octanol–water partition coefficient (Wildman–Crippen LogP) is 4.69. The van der Waals surface area contributed by atoms with Crippen molar-refractivity contribution in [1.29, 1.82) is 0 Å². The molecule has 3 heterocycles. The quantitative estimate of drug-likeness (QED) is 0.423. The van der Waals surface area contributed by atoms with E-state index in [1.807, 2.05) is 79.1 Å². The average Bonchev–Trinajstić information content (AvgIpc) is 3.41. The molecule has 5 rings (SSSR count). The number of carbonyl (C=O) groups is 2. The molecule has 0 saturated carbocycles. The highest BCUT2D eigenvalue weighted by Crippen LogP contribution is 2.34. The fraction of sp³-hybridized carbons (Fsp3) is 0.200. The number of aryl methyl sites for hydroxylation is 1. The summed E-state index contributed by atoms with van der Waals surface area (Å²) in [5.41, 5.74) is 3.07. The van der Waals surface area contributed by atoms with E-state index in [9.17, 15) is 9.59 Å². The number of rotatable bonds is 5. The molecule has 1 aliphatic rings. The van der Waals surface area contributed by atoms with E-state index < -0.39 is 0 Å². The van der Waals surface area contributed by atoms with E-state index in [-0.39, 0.29) is 30.0 Å². The van der Waals surface area contributed by atoms with Gasteiger partial charge in [-0.05, 0) is 44.2 Å². The van der Waals surface area contributed by atoms with Gasteiger partial charge in [0.1, 0.15) is 5.76 Å². The summed E-state index contributed by atoms with van der Waals surface area (Å²) in [6.45, 7) is 3.76. The number of aromatic nitrogens is 3. The van der Waals surface area contributed by atoms with Crippen LogP contribution in [0.25, 0.3) is 17.1 Å². The molecule has 8 nitrogen and oxygen atoms in total. The van der Waals surface area contributed by atoms with Crippen molar-refractivity contribution in [2.45, 2.75) is 31.5 Å². The fourth-order valence-electron chi connectivity index (χ4n) is 4.13. The van der Waals surface area contributed by atoms with Gasteiger partial charge in [0, 0.05) is 18.2 Å². The molecule has 0 aliphatic carbocycles. The van der Waals surface area contributed by atoms with Crippen molar-refractivity contribution in [2.75, 3.05) is 16.0 Å². The van der Waals surface area contributed by atoms with Gasteiger partial charge in [-0.2, -0.15) is 0 Å². The molecule has 1 atom stereocenters. The van der Waals surface area contributed by atoms with Crippen LogP contribution in [0.5, 0.6) is 0 Å². The zero-order valence-corrected chi connectivity index (χ0v) is 19.6. The Morgan fingerprint density at radius 3 is 2.65 bits per heavy atom. The molecular formula is C25H23N5O3S. The number of hydrogen-bond acceptors (Lipinski definition) is 6. The normalized spacial score (nSPS) is 15.5. The van der Waals surface area contributed by atoms with Crippen LogP contribution in [-0.4, -0.2) is 38.4 Å². The number of fused-ring (bicyclic) bond motifs is 1. The van der Waals surface area contributed by atoms with Crippen molar-refractivity contribution >= 4 is 35.0 Å². The first-order chi connectivity index (χ1) is 16.5. The molecule has 2 aromatic heterocycles. The second kappa shape index (κ2) is 9.18. The molecular weight excluding hydrogens is 450 g/mol. The molecule has 0 bridgehead atoms. The lowest BCUT2D eigenvalue weighted by Crippen LogP contribution is -2.40. The maximum Gasteiger partial charge on any atom is 0.237 e. The first-order valence-corrected chi connectivity index (χ1v) is 11.9. The van der Waals surface area contributed by atoms with Gasteiger partial charge >= 0.3 is 0 Å². The number of benzene rings is 2. The minimum absolute atomic E-state index is 0.105. The van der Waals surface area contributed by atoms with E-state index in [2.05, 4.69) is 15.5 Å². The highest BCUT2D eigenvalue weighted by Gasteiger charge is 2.30. The second-order valence-electron chi connectivity index (χ2n) is 8.04. The molecule has 172 valence electrons. The first kappa shape index (κ1) is 22.0. The summed E-state index contributed by atoms with van der Waals surface area (Å²) in [6.07, 6.45) is 1.85. The third-order valence-electron chi connectivity index (χ3n) is 5.70. The molecule has 2 amide bonds. The number of furan rings is 1. The van der Waals surface area contributed by atoms with E-state index in [4.69, 9.17) is 4.42 Å². The van der Waals surface area contributed by atoms with Gasteiger partial charge in [-0.1, -0.05) is 42.1 Å². The van der Waals surface area contributed by atoms with Gasteiger partial charge in [-0.15, -0.1) is 10.2 Å². The van der Waals surface area contributed by atoms with Crippen molar-refractivity contribution < 1.29 is 14.0 Å². The summed E-state index contributed by atoms with van der Waals surface area (Å²) in [4.78, 5) is 27.4. The van der Waals surface area contributed by atoms with E-state index in [1.54, 1.807) is 11.2 Å². The van der Waals surface area contributed by atoms with Gasteiger partial charge in [-0.25, -0.2) is 0 Å². The Balaban J connectivity index is 1.46. The van der Waals surface area contributed by atoms with E-state index in [0.29, 0.717) is 22.4 Å². The number of nitrogens with one attached hydrogen (secondary N) is 1. The zero-order valence-electron chi connectivity index (χ0n) is 18.8.